The largest absolute Gasteiger partial charge is 0.300 e. The number of hydrogen-bond donors (Lipinski definition) is 0. The summed E-state index contributed by atoms with van der Waals surface area (Å²) in [5, 5.41) is 0. The molecule has 1 rings (SSSR count). The molecule has 0 saturated carbocycles. The van der Waals surface area contributed by atoms with Gasteiger partial charge in [0.05, 0.1) is 0 Å². The molecule has 112 valence electrons. The van der Waals surface area contributed by atoms with Crippen LogP contribution in [0.2, 0.25) is 0 Å². The Kier molecular flexibility index (Phi) is 9.61. The molecular formula is C18H28O2. The summed E-state index contributed by atoms with van der Waals surface area (Å²) in [6.07, 6.45) is 2.05. The fourth-order valence-corrected chi connectivity index (χ4v) is 1.88. The molecular weight excluding hydrogens is 248 g/mol. The molecule has 0 unspecified atom stereocenters. The molecule has 0 spiro atoms. The maximum atomic E-state index is 11.1. The van der Waals surface area contributed by atoms with E-state index in [0.717, 1.165) is 18.4 Å². The highest BCUT2D eigenvalue weighted by Gasteiger charge is 2.06. The van der Waals surface area contributed by atoms with Crippen LogP contribution in [0.1, 0.15) is 53.0 Å². The van der Waals surface area contributed by atoms with Crippen molar-refractivity contribution in [2.24, 2.45) is 11.8 Å². The van der Waals surface area contributed by atoms with Crippen LogP contribution < -0.4 is 0 Å². The quantitative estimate of drug-likeness (QED) is 0.768. The minimum atomic E-state index is 0.214. The first-order valence-electron chi connectivity index (χ1n) is 7.36. The van der Waals surface area contributed by atoms with E-state index in [4.69, 9.17) is 0 Å². The van der Waals surface area contributed by atoms with Crippen LogP contribution in [0.5, 0.6) is 0 Å². The number of hydrogen-bond acceptors (Lipinski definition) is 2. The van der Waals surface area contributed by atoms with Crippen molar-refractivity contribution in [2.75, 3.05) is 0 Å². The number of ketones is 2. The molecule has 1 aromatic rings. The van der Waals surface area contributed by atoms with Gasteiger partial charge in [-0.15, -0.1) is 0 Å². The van der Waals surface area contributed by atoms with Crippen molar-refractivity contribution in [1.82, 2.24) is 0 Å². The Bertz CT molecular complexity index is 379. The maximum absolute atomic E-state index is 11.1. The van der Waals surface area contributed by atoms with Gasteiger partial charge in [-0.05, 0) is 24.3 Å². The molecule has 0 heterocycles. The van der Waals surface area contributed by atoms with Crippen LogP contribution in [0.15, 0.2) is 30.3 Å². The fraction of sp³-hybridized carbons (Fsp3) is 0.556. The topological polar surface area (TPSA) is 34.1 Å². The molecule has 0 N–H and O–H groups in total. The monoisotopic (exact) mass is 276 g/mol. The first-order valence-corrected chi connectivity index (χ1v) is 7.36. The standard InChI is InChI=1S/C9H10O.C9H18O/c1-8(10)7-9-5-3-2-4-6-9;1-7(2)5-9(10)6-8(3)4/h2-6H,7H2,1H3;7-8H,5-6H2,1-4H3. The third-order valence-corrected chi connectivity index (χ3v) is 2.57. The summed E-state index contributed by atoms with van der Waals surface area (Å²) in [4.78, 5) is 21.7. The van der Waals surface area contributed by atoms with E-state index in [-0.39, 0.29) is 5.78 Å². The lowest BCUT2D eigenvalue weighted by Gasteiger charge is -2.05. The average Bonchev–Trinajstić information content (AvgIpc) is 2.27. The molecule has 0 aromatic heterocycles. The first-order chi connectivity index (χ1) is 9.31. The number of carbonyl (C=O) groups is 2. The number of carbonyl (C=O) groups excluding carboxylic acids is 2. The zero-order chi connectivity index (χ0) is 15.5. The molecule has 0 aliphatic carbocycles. The molecule has 0 bridgehead atoms. The van der Waals surface area contributed by atoms with E-state index in [1.54, 1.807) is 6.92 Å². The molecule has 0 radical (unpaired) electrons. The smallest absolute Gasteiger partial charge is 0.134 e. The molecule has 0 aliphatic rings. The molecule has 0 amide bonds. The lowest BCUT2D eigenvalue weighted by Crippen LogP contribution is -2.05. The zero-order valence-corrected chi connectivity index (χ0v) is 13.5. The van der Waals surface area contributed by atoms with Crippen molar-refractivity contribution in [3.63, 3.8) is 0 Å². The van der Waals surface area contributed by atoms with Crippen LogP contribution in [0.25, 0.3) is 0 Å². The summed E-state index contributed by atoms with van der Waals surface area (Å²) in [5.41, 5.74) is 1.09. The Balaban J connectivity index is 0.000000361. The van der Waals surface area contributed by atoms with Gasteiger partial charge in [0.1, 0.15) is 11.6 Å². The fourth-order valence-electron chi connectivity index (χ4n) is 1.88. The van der Waals surface area contributed by atoms with Gasteiger partial charge in [0.15, 0.2) is 0 Å². The highest BCUT2D eigenvalue weighted by atomic mass is 16.1. The Morgan fingerprint density at radius 3 is 1.70 bits per heavy atom. The minimum absolute atomic E-state index is 0.214. The zero-order valence-electron chi connectivity index (χ0n) is 13.5. The molecule has 0 aliphatic heterocycles. The van der Waals surface area contributed by atoms with Crippen LogP contribution in [-0.4, -0.2) is 11.6 Å². The van der Waals surface area contributed by atoms with Crippen molar-refractivity contribution >= 4 is 11.6 Å². The Morgan fingerprint density at radius 2 is 1.35 bits per heavy atom. The summed E-state index contributed by atoms with van der Waals surface area (Å²) < 4.78 is 0. The van der Waals surface area contributed by atoms with E-state index in [2.05, 4.69) is 27.7 Å². The second-order valence-corrected chi connectivity index (χ2v) is 6.10. The average molecular weight is 276 g/mol. The van der Waals surface area contributed by atoms with Gasteiger partial charge in [-0.3, -0.25) is 9.59 Å². The molecule has 0 atom stereocenters. The second-order valence-electron chi connectivity index (χ2n) is 6.10. The van der Waals surface area contributed by atoms with Crippen molar-refractivity contribution in [2.45, 2.75) is 53.9 Å². The van der Waals surface area contributed by atoms with Crippen LogP contribution >= 0.6 is 0 Å². The predicted molar refractivity (Wildman–Crippen MR) is 84.7 cm³/mol. The summed E-state index contributed by atoms with van der Waals surface area (Å²) in [6, 6.07) is 9.75. The van der Waals surface area contributed by atoms with Gasteiger partial charge < -0.3 is 0 Å². The van der Waals surface area contributed by atoms with E-state index in [1.165, 1.54) is 0 Å². The lowest BCUT2D eigenvalue weighted by molar-refractivity contribution is -0.120. The predicted octanol–water partition coefficient (Wildman–Crippen LogP) is 4.47. The third kappa shape index (κ3) is 11.6. The number of benzene rings is 1. The first kappa shape index (κ1) is 18.6. The minimum Gasteiger partial charge on any atom is -0.300 e. The van der Waals surface area contributed by atoms with E-state index in [0.29, 0.717) is 24.0 Å². The number of Topliss-reactive ketones (excluding diaryl/α,β-unsaturated/α-hetero) is 2. The molecule has 2 heteroatoms. The van der Waals surface area contributed by atoms with Gasteiger partial charge in [0.25, 0.3) is 0 Å². The van der Waals surface area contributed by atoms with E-state index in [1.807, 2.05) is 30.3 Å². The van der Waals surface area contributed by atoms with Crippen molar-refractivity contribution in [3.8, 4) is 0 Å². The lowest BCUT2D eigenvalue weighted by atomic mass is 10.00. The van der Waals surface area contributed by atoms with Crippen LogP contribution in [0, 0.1) is 11.8 Å². The molecule has 2 nitrogen and oxygen atoms in total. The third-order valence-electron chi connectivity index (χ3n) is 2.57. The van der Waals surface area contributed by atoms with Crippen molar-refractivity contribution < 1.29 is 9.59 Å². The second kappa shape index (κ2) is 10.4. The Hall–Kier alpha value is -1.44. The van der Waals surface area contributed by atoms with E-state index >= 15 is 0 Å². The van der Waals surface area contributed by atoms with Crippen LogP contribution in [0.4, 0.5) is 0 Å². The summed E-state index contributed by atoms with van der Waals surface area (Å²) in [6.45, 7) is 9.93. The summed E-state index contributed by atoms with van der Waals surface area (Å²) >= 11 is 0. The van der Waals surface area contributed by atoms with Gasteiger partial charge in [0.2, 0.25) is 0 Å². The van der Waals surface area contributed by atoms with Crippen LogP contribution in [-0.2, 0) is 16.0 Å². The van der Waals surface area contributed by atoms with Crippen LogP contribution in [0.3, 0.4) is 0 Å². The van der Waals surface area contributed by atoms with Gasteiger partial charge >= 0.3 is 0 Å². The molecule has 1 aromatic carbocycles. The normalized spacial score (nSPS) is 10.2. The Morgan fingerprint density at radius 1 is 0.900 bits per heavy atom. The highest BCUT2D eigenvalue weighted by Crippen LogP contribution is 2.07. The Labute approximate surface area is 123 Å². The van der Waals surface area contributed by atoms with Gasteiger partial charge in [-0.2, -0.15) is 0 Å². The van der Waals surface area contributed by atoms with E-state index < -0.39 is 0 Å². The number of rotatable bonds is 6. The molecule has 0 saturated heterocycles. The van der Waals surface area contributed by atoms with Gasteiger partial charge in [0, 0.05) is 19.3 Å². The summed E-state index contributed by atoms with van der Waals surface area (Å²) in [5.74, 6) is 1.66. The summed E-state index contributed by atoms with van der Waals surface area (Å²) in [7, 11) is 0. The van der Waals surface area contributed by atoms with Crippen molar-refractivity contribution in [1.29, 1.82) is 0 Å². The SMILES string of the molecule is CC(=O)Cc1ccccc1.CC(C)CC(=O)CC(C)C. The van der Waals surface area contributed by atoms with Crippen molar-refractivity contribution in [3.05, 3.63) is 35.9 Å². The highest BCUT2D eigenvalue weighted by molar-refractivity contribution is 5.78. The van der Waals surface area contributed by atoms with E-state index in [9.17, 15) is 9.59 Å². The van der Waals surface area contributed by atoms with Gasteiger partial charge in [-0.25, -0.2) is 0 Å². The molecule has 0 fully saturated rings. The maximum Gasteiger partial charge on any atom is 0.134 e. The molecule has 20 heavy (non-hydrogen) atoms. The van der Waals surface area contributed by atoms with Gasteiger partial charge in [-0.1, -0.05) is 58.0 Å².